The van der Waals surface area contributed by atoms with Crippen LogP contribution >= 0.6 is 0 Å². The molecular formula is C37H35N5O7. The molecule has 49 heavy (non-hydrogen) atoms. The second kappa shape index (κ2) is 12.3. The first-order valence-corrected chi connectivity index (χ1v) is 16.3. The maximum atomic E-state index is 13.2. The Hall–Kier alpha value is -5.78. The molecule has 1 fully saturated rings. The average Bonchev–Trinajstić information content (AvgIpc) is 3.75. The molecule has 5 aromatic rings. The molecule has 3 heterocycles. The van der Waals surface area contributed by atoms with Gasteiger partial charge in [-0.3, -0.25) is 19.2 Å². The molecule has 12 nitrogen and oxygen atoms in total. The maximum Gasteiger partial charge on any atom is 0.348 e. The van der Waals surface area contributed by atoms with Gasteiger partial charge >= 0.3 is 5.69 Å². The second-order valence-corrected chi connectivity index (χ2v) is 13.1. The lowest BCUT2D eigenvalue weighted by Gasteiger charge is -2.29. The lowest BCUT2D eigenvalue weighted by molar-refractivity contribution is -0.133. The van der Waals surface area contributed by atoms with E-state index < -0.39 is 11.7 Å². The number of aromatic hydroxyl groups is 2. The minimum absolute atomic E-state index is 0.00109. The number of phenolic OH excluding ortho intramolecular Hbond substituents is 2. The Kier molecular flexibility index (Phi) is 8.01. The molecule has 1 aliphatic carbocycles. The highest BCUT2D eigenvalue weighted by Gasteiger charge is 2.39. The van der Waals surface area contributed by atoms with Gasteiger partial charge in [0, 0.05) is 61.1 Å². The van der Waals surface area contributed by atoms with E-state index in [1.807, 2.05) is 48.9 Å². The van der Waals surface area contributed by atoms with Crippen molar-refractivity contribution in [2.75, 3.05) is 0 Å². The third-order valence-electron chi connectivity index (χ3n) is 9.62. The largest absolute Gasteiger partial charge is 0.508 e. The van der Waals surface area contributed by atoms with Gasteiger partial charge in [-0.2, -0.15) is 5.10 Å². The molecule has 3 N–H and O–H groups in total. The Morgan fingerprint density at radius 3 is 2.59 bits per heavy atom. The van der Waals surface area contributed by atoms with Crippen LogP contribution in [0.5, 0.6) is 11.5 Å². The van der Waals surface area contributed by atoms with Gasteiger partial charge in [0.15, 0.2) is 11.6 Å². The average molecular weight is 662 g/mol. The standard InChI is InChI=1S/C37H35N5O7/c1-20(2)27-17-28(33(46)18-32(27)45)35-38-39-37(49)42(35)23-6-8-30-22(14-23)10-12-40(30)13-11-25(44)15-21-4-3-5-26-29(21)19-41(36(26)48)31-9-7-24(43)16-34(31)47/h3-6,8,10,12,14,17-18,20,31,45-46H,7,9,11,13,15-16,19H2,1-2H3,(H,39,49). The van der Waals surface area contributed by atoms with Gasteiger partial charge in [-0.1, -0.05) is 26.0 Å². The monoisotopic (exact) mass is 661 g/mol. The molecule has 1 aliphatic heterocycles. The number of hydrogen-bond donors (Lipinski definition) is 3. The number of H-pyrrole nitrogens is 1. The maximum absolute atomic E-state index is 13.2. The number of aryl methyl sites for hydroxylation is 1. The third kappa shape index (κ3) is 5.73. The number of nitrogens with zero attached hydrogens (tertiary/aromatic N) is 4. The molecule has 0 bridgehead atoms. The molecule has 0 spiro atoms. The summed E-state index contributed by atoms with van der Waals surface area (Å²) in [7, 11) is 0. The molecule has 1 amide bonds. The minimum atomic E-state index is -0.611. The quantitative estimate of drug-likeness (QED) is 0.193. The first kappa shape index (κ1) is 31.8. The molecule has 12 heteroatoms. The molecule has 2 aliphatic rings. The van der Waals surface area contributed by atoms with Crippen molar-refractivity contribution in [1.82, 2.24) is 24.2 Å². The smallest absolute Gasteiger partial charge is 0.348 e. The van der Waals surface area contributed by atoms with Gasteiger partial charge in [-0.05, 0) is 65.4 Å². The lowest BCUT2D eigenvalue weighted by Crippen LogP contribution is -2.44. The number of rotatable bonds is 9. The normalized spacial score (nSPS) is 16.3. The van der Waals surface area contributed by atoms with Crippen molar-refractivity contribution in [1.29, 1.82) is 0 Å². The lowest BCUT2D eigenvalue weighted by atomic mass is 9.92. The first-order valence-electron chi connectivity index (χ1n) is 16.3. The zero-order valence-corrected chi connectivity index (χ0v) is 27.1. The summed E-state index contributed by atoms with van der Waals surface area (Å²) in [6, 6.07) is 15.0. The number of phenols is 2. The highest BCUT2D eigenvalue weighted by molar-refractivity contribution is 6.07. The van der Waals surface area contributed by atoms with Gasteiger partial charge in [0.1, 0.15) is 23.1 Å². The predicted molar refractivity (Wildman–Crippen MR) is 180 cm³/mol. The Balaban J connectivity index is 1.07. The fraction of sp³-hybridized carbons (Fsp3) is 0.297. The highest BCUT2D eigenvalue weighted by Crippen LogP contribution is 2.38. The molecule has 2 aromatic heterocycles. The number of ketones is 3. The van der Waals surface area contributed by atoms with Gasteiger partial charge in [0.2, 0.25) is 0 Å². The van der Waals surface area contributed by atoms with Crippen molar-refractivity contribution in [3.8, 4) is 28.6 Å². The number of aromatic amines is 1. The highest BCUT2D eigenvalue weighted by atomic mass is 16.3. The predicted octanol–water partition coefficient (Wildman–Crippen LogP) is 4.57. The van der Waals surface area contributed by atoms with Crippen LogP contribution in [-0.4, -0.2) is 63.7 Å². The van der Waals surface area contributed by atoms with E-state index in [1.54, 1.807) is 29.2 Å². The number of fused-ring (bicyclic) bond motifs is 2. The number of carbonyl (C=O) groups excluding carboxylic acids is 4. The number of benzene rings is 3. The van der Waals surface area contributed by atoms with Crippen LogP contribution in [0.15, 0.2) is 65.6 Å². The van der Waals surface area contributed by atoms with Crippen LogP contribution in [0.4, 0.5) is 0 Å². The van der Waals surface area contributed by atoms with E-state index in [4.69, 9.17) is 0 Å². The molecule has 7 rings (SSSR count). The van der Waals surface area contributed by atoms with E-state index in [9.17, 15) is 34.2 Å². The zero-order valence-electron chi connectivity index (χ0n) is 27.1. The van der Waals surface area contributed by atoms with E-state index in [-0.39, 0.29) is 78.7 Å². The summed E-state index contributed by atoms with van der Waals surface area (Å²) in [4.78, 5) is 65.2. The van der Waals surface area contributed by atoms with E-state index in [0.717, 1.165) is 22.0 Å². The number of hydrogen-bond acceptors (Lipinski definition) is 8. The van der Waals surface area contributed by atoms with Crippen molar-refractivity contribution in [2.24, 2.45) is 0 Å². The number of amides is 1. The van der Waals surface area contributed by atoms with Crippen molar-refractivity contribution in [3.63, 3.8) is 0 Å². The summed E-state index contributed by atoms with van der Waals surface area (Å²) in [5.41, 5.74) is 3.84. The Morgan fingerprint density at radius 2 is 1.82 bits per heavy atom. The summed E-state index contributed by atoms with van der Waals surface area (Å²) in [5.74, 6) is -0.634. The van der Waals surface area contributed by atoms with E-state index in [0.29, 0.717) is 35.3 Å². The molecule has 1 atom stereocenters. The van der Waals surface area contributed by atoms with E-state index in [1.165, 1.54) is 10.6 Å². The van der Waals surface area contributed by atoms with Crippen molar-refractivity contribution in [2.45, 2.75) is 71.0 Å². The molecule has 250 valence electrons. The van der Waals surface area contributed by atoms with Crippen molar-refractivity contribution >= 4 is 34.2 Å². The molecule has 0 radical (unpaired) electrons. The van der Waals surface area contributed by atoms with Gasteiger partial charge in [0.05, 0.1) is 23.7 Å². The third-order valence-corrected chi connectivity index (χ3v) is 9.62. The first-order chi connectivity index (χ1) is 23.5. The fourth-order valence-electron chi connectivity index (χ4n) is 7.05. The van der Waals surface area contributed by atoms with Crippen LogP contribution < -0.4 is 5.69 Å². The van der Waals surface area contributed by atoms with Gasteiger partial charge in [-0.25, -0.2) is 14.5 Å². The summed E-state index contributed by atoms with van der Waals surface area (Å²) >= 11 is 0. The van der Waals surface area contributed by atoms with Gasteiger partial charge in [0.25, 0.3) is 5.91 Å². The van der Waals surface area contributed by atoms with Gasteiger partial charge < -0.3 is 19.7 Å². The number of carbonyl (C=O) groups is 4. The molecular weight excluding hydrogens is 626 g/mol. The van der Waals surface area contributed by atoms with Crippen LogP contribution in [0.25, 0.3) is 28.0 Å². The van der Waals surface area contributed by atoms with Crippen LogP contribution in [-0.2, 0) is 33.9 Å². The topological polar surface area (TPSA) is 168 Å². The van der Waals surface area contributed by atoms with Crippen LogP contribution in [0.3, 0.4) is 0 Å². The number of Topliss-reactive ketones (excluding diaryl/α,β-unsaturated/α-hetero) is 3. The summed E-state index contributed by atoms with van der Waals surface area (Å²) in [5, 5.41) is 28.4. The van der Waals surface area contributed by atoms with Crippen LogP contribution in [0, 0.1) is 0 Å². The second-order valence-electron chi connectivity index (χ2n) is 13.1. The van der Waals surface area contributed by atoms with E-state index in [2.05, 4.69) is 10.2 Å². The van der Waals surface area contributed by atoms with Crippen molar-refractivity contribution < 1.29 is 29.4 Å². The summed E-state index contributed by atoms with van der Waals surface area (Å²) in [6.07, 6.45) is 2.75. The molecule has 1 unspecified atom stereocenters. The number of nitrogens with one attached hydrogen (secondary N) is 1. The summed E-state index contributed by atoms with van der Waals surface area (Å²) in [6.45, 7) is 4.49. The Bertz CT molecular complexity index is 2240. The summed E-state index contributed by atoms with van der Waals surface area (Å²) < 4.78 is 3.33. The van der Waals surface area contributed by atoms with Crippen molar-refractivity contribution in [3.05, 3.63) is 93.5 Å². The van der Waals surface area contributed by atoms with Crippen LogP contribution in [0.1, 0.15) is 72.5 Å². The minimum Gasteiger partial charge on any atom is -0.508 e. The van der Waals surface area contributed by atoms with Gasteiger partial charge in [-0.15, -0.1) is 0 Å². The van der Waals surface area contributed by atoms with Crippen LogP contribution in [0.2, 0.25) is 0 Å². The Morgan fingerprint density at radius 1 is 1.00 bits per heavy atom. The Labute approximate surface area is 280 Å². The molecule has 3 aromatic carbocycles. The fourth-order valence-corrected chi connectivity index (χ4v) is 7.05. The SMILES string of the molecule is CC(C)c1cc(-c2n[nH]c(=O)n2-c2ccc3c(ccn3CCC(=O)Cc3cccc4c3CN(C3CCC(=O)CC3=O)C4=O)c2)c(O)cc1O. The molecule has 0 saturated heterocycles. The number of aromatic nitrogens is 4. The molecule has 1 saturated carbocycles. The van der Waals surface area contributed by atoms with E-state index >= 15 is 0 Å². The zero-order chi connectivity index (χ0) is 34.6.